The zero-order valence-electron chi connectivity index (χ0n) is 28.8. The third-order valence-electron chi connectivity index (χ3n) is 7.89. The van der Waals surface area contributed by atoms with E-state index in [0.717, 1.165) is 36.1 Å². The first-order valence-corrected chi connectivity index (χ1v) is 15.5. The van der Waals surface area contributed by atoms with E-state index in [9.17, 15) is 34.7 Å². The number of ether oxygens (including phenoxy) is 4. The van der Waals surface area contributed by atoms with Gasteiger partial charge in [-0.05, 0) is 88.2 Å². The fraction of sp³-hybridized carbons (Fsp3) is 0.378. The fourth-order valence-corrected chi connectivity index (χ4v) is 4.90. The van der Waals surface area contributed by atoms with Crippen molar-refractivity contribution in [3.05, 3.63) is 94.5 Å². The van der Waals surface area contributed by atoms with Crippen molar-refractivity contribution >= 4 is 23.9 Å². The van der Waals surface area contributed by atoms with Crippen molar-refractivity contribution in [1.29, 1.82) is 5.26 Å². The molecule has 0 heterocycles. The van der Waals surface area contributed by atoms with Gasteiger partial charge in [-0.25, -0.2) is 19.2 Å². The third kappa shape index (κ3) is 10.8. The maximum Gasteiger partial charge on any atom is 0.349 e. The highest BCUT2D eigenvalue weighted by molar-refractivity contribution is 5.95. The van der Waals surface area contributed by atoms with Crippen LogP contribution in [-0.4, -0.2) is 74.1 Å². The molecule has 0 saturated carbocycles. The molecule has 3 N–H and O–H groups in total. The highest BCUT2D eigenvalue weighted by Gasteiger charge is 2.41. The Balaban J connectivity index is 0.000000355. The molecule has 0 unspecified atom stereocenters. The maximum atomic E-state index is 12.2. The molecule has 0 aliphatic carbocycles. The number of nitrogens with zero attached hydrogens (tertiary/aromatic N) is 1. The minimum Gasteiger partial charge on any atom is -0.493 e. The zero-order chi connectivity index (χ0) is 36.7. The third-order valence-corrected chi connectivity index (χ3v) is 7.89. The van der Waals surface area contributed by atoms with Gasteiger partial charge in [-0.15, -0.1) is 0 Å². The first kappa shape index (κ1) is 39.8. The van der Waals surface area contributed by atoms with Crippen molar-refractivity contribution in [2.45, 2.75) is 58.2 Å². The van der Waals surface area contributed by atoms with Gasteiger partial charge in [0.2, 0.25) is 12.2 Å². The highest BCUT2D eigenvalue weighted by atomic mass is 16.6. The Hall–Kier alpha value is -5.41. The summed E-state index contributed by atoms with van der Waals surface area (Å²) in [6, 6.07) is 20.4. The normalized spacial score (nSPS) is 13.0. The van der Waals surface area contributed by atoms with E-state index in [-0.39, 0.29) is 17.0 Å². The molecular formula is C37H44N2O10. The molecule has 3 aromatic carbocycles. The standard InChI is InChI=1S/C20H18O8.C17H26N2O2/c1-11-3-7-13(8-4-11)19(25)27-15(17(21)22)16(18(23)24)28-20(26)14-9-5-12(2)6-10-14;1-13(2)17(12-18,9-6-10-19-3)14-7-8-15(20-4)16(11-14)21-5/h3-10,15-16H,1-2H3,(H,21,22)(H,23,24);7-8,11,13,19H,6,9-10H2,1-5H3/t15-,16-;17-/m00/s1. The van der Waals surface area contributed by atoms with Crippen LogP contribution in [0.15, 0.2) is 66.7 Å². The predicted molar refractivity (Wildman–Crippen MR) is 181 cm³/mol. The number of rotatable bonds is 15. The Kier molecular flexibility index (Phi) is 15.3. The van der Waals surface area contributed by atoms with Gasteiger partial charge in [-0.1, -0.05) is 55.3 Å². The van der Waals surface area contributed by atoms with Crippen LogP contribution in [0.2, 0.25) is 0 Å². The molecule has 0 aliphatic heterocycles. The van der Waals surface area contributed by atoms with Crippen molar-refractivity contribution in [2.75, 3.05) is 27.8 Å². The molecule has 3 aromatic rings. The summed E-state index contributed by atoms with van der Waals surface area (Å²) < 4.78 is 20.3. The van der Waals surface area contributed by atoms with Crippen molar-refractivity contribution in [3.63, 3.8) is 0 Å². The van der Waals surface area contributed by atoms with Crippen LogP contribution in [0.25, 0.3) is 0 Å². The Morgan fingerprint density at radius 3 is 1.57 bits per heavy atom. The minimum absolute atomic E-state index is 0.0332. The van der Waals surface area contributed by atoms with Crippen LogP contribution in [-0.2, 0) is 24.5 Å². The Bertz CT molecular complexity index is 1540. The van der Waals surface area contributed by atoms with Gasteiger partial charge in [0.05, 0.1) is 36.8 Å². The van der Waals surface area contributed by atoms with Crippen LogP contribution in [0, 0.1) is 31.1 Å². The average Bonchev–Trinajstić information content (AvgIpc) is 3.08. The number of aliphatic carboxylic acids is 2. The number of nitriles is 1. The molecule has 3 rings (SSSR count). The fourth-order valence-electron chi connectivity index (χ4n) is 4.90. The molecule has 3 atom stereocenters. The SMILES string of the molecule is CNCCC[C@@](C#N)(c1ccc(OC)c(OC)c1)C(C)C.Cc1ccc(C(=O)O[C@H](C(=O)O)[C@H](OC(=O)c2ccc(C)cc2)C(=O)O)cc1. The second-order valence-electron chi connectivity index (χ2n) is 11.6. The number of hydrogen-bond donors (Lipinski definition) is 3. The molecule has 0 aromatic heterocycles. The molecule has 262 valence electrons. The number of carboxylic acids is 2. The van der Waals surface area contributed by atoms with Gasteiger partial charge in [0.15, 0.2) is 11.5 Å². The molecule has 0 bridgehead atoms. The number of benzene rings is 3. The van der Waals surface area contributed by atoms with Crippen LogP contribution in [0.3, 0.4) is 0 Å². The lowest BCUT2D eigenvalue weighted by molar-refractivity contribution is -0.166. The summed E-state index contributed by atoms with van der Waals surface area (Å²) in [5.41, 5.74) is 2.28. The van der Waals surface area contributed by atoms with E-state index in [2.05, 4.69) is 25.2 Å². The molecular weight excluding hydrogens is 632 g/mol. The van der Waals surface area contributed by atoms with Gasteiger partial charge in [-0.3, -0.25) is 0 Å². The summed E-state index contributed by atoms with van der Waals surface area (Å²) in [6.45, 7) is 8.68. The van der Waals surface area contributed by atoms with Gasteiger partial charge in [0.1, 0.15) is 0 Å². The van der Waals surface area contributed by atoms with Crippen LogP contribution >= 0.6 is 0 Å². The van der Waals surface area contributed by atoms with Crippen LogP contribution in [0.1, 0.15) is 64.1 Å². The Morgan fingerprint density at radius 2 is 1.22 bits per heavy atom. The van der Waals surface area contributed by atoms with Crippen molar-refractivity contribution < 1.29 is 48.3 Å². The van der Waals surface area contributed by atoms with E-state index < -0.39 is 41.5 Å². The van der Waals surface area contributed by atoms with Crippen LogP contribution in [0.4, 0.5) is 0 Å². The van der Waals surface area contributed by atoms with Gasteiger partial charge in [-0.2, -0.15) is 5.26 Å². The topological polar surface area (TPSA) is 181 Å². The monoisotopic (exact) mass is 676 g/mol. The number of carbonyl (C=O) groups excluding carboxylic acids is 2. The maximum absolute atomic E-state index is 12.2. The van der Waals surface area contributed by atoms with Crippen molar-refractivity contribution in [2.24, 2.45) is 5.92 Å². The highest BCUT2D eigenvalue weighted by Crippen LogP contribution is 2.40. The summed E-state index contributed by atoms with van der Waals surface area (Å²) in [6.07, 6.45) is -2.67. The van der Waals surface area contributed by atoms with E-state index >= 15 is 0 Å². The smallest absolute Gasteiger partial charge is 0.349 e. The number of aryl methyl sites for hydroxylation is 2. The minimum atomic E-state index is -2.22. The lowest BCUT2D eigenvalue weighted by Gasteiger charge is -2.32. The molecule has 0 radical (unpaired) electrons. The number of carboxylic acid groups (broad SMARTS) is 2. The lowest BCUT2D eigenvalue weighted by atomic mass is 9.70. The molecule has 0 saturated heterocycles. The van der Waals surface area contributed by atoms with Crippen LogP contribution < -0.4 is 14.8 Å². The van der Waals surface area contributed by atoms with Gasteiger partial charge < -0.3 is 34.5 Å². The molecule has 49 heavy (non-hydrogen) atoms. The number of esters is 2. The summed E-state index contributed by atoms with van der Waals surface area (Å²) in [5.74, 6) is -4.04. The second kappa shape index (κ2) is 18.8. The first-order valence-electron chi connectivity index (χ1n) is 15.5. The number of carbonyl (C=O) groups is 4. The molecule has 0 aliphatic rings. The lowest BCUT2D eigenvalue weighted by Crippen LogP contribution is -2.45. The second-order valence-corrected chi connectivity index (χ2v) is 11.6. The molecule has 12 heteroatoms. The summed E-state index contributed by atoms with van der Waals surface area (Å²) in [4.78, 5) is 47.3. The summed E-state index contributed by atoms with van der Waals surface area (Å²) in [5, 5.41) is 31.6. The number of methoxy groups -OCH3 is 2. The average molecular weight is 677 g/mol. The van der Waals surface area contributed by atoms with E-state index in [1.54, 1.807) is 52.3 Å². The predicted octanol–water partition coefficient (Wildman–Crippen LogP) is 5.34. The molecule has 0 fully saturated rings. The van der Waals surface area contributed by atoms with E-state index in [0.29, 0.717) is 11.5 Å². The molecule has 0 spiro atoms. The summed E-state index contributed by atoms with van der Waals surface area (Å²) in [7, 11) is 5.16. The van der Waals surface area contributed by atoms with E-state index in [4.69, 9.17) is 18.9 Å². The molecule has 0 amide bonds. The van der Waals surface area contributed by atoms with Crippen molar-refractivity contribution in [1.82, 2.24) is 5.32 Å². The first-order chi connectivity index (χ1) is 23.2. The Morgan fingerprint density at radius 1 is 0.776 bits per heavy atom. The van der Waals surface area contributed by atoms with Crippen molar-refractivity contribution in [3.8, 4) is 17.6 Å². The van der Waals surface area contributed by atoms with Gasteiger partial charge in [0, 0.05) is 0 Å². The molecule has 12 nitrogen and oxygen atoms in total. The van der Waals surface area contributed by atoms with E-state index in [1.807, 2.05) is 25.2 Å². The summed E-state index contributed by atoms with van der Waals surface area (Å²) >= 11 is 0. The number of hydrogen-bond acceptors (Lipinski definition) is 10. The van der Waals surface area contributed by atoms with Gasteiger partial charge >= 0.3 is 23.9 Å². The quantitative estimate of drug-likeness (QED) is 0.139. The van der Waals surface area contributed by atoms with E-state index in [1.165, 1.54) is 24.3 Å². The van der Waals surface area contributed by atoms with Crippen LogP contribution in [0.5, 0.6) is 11.5 Å². The largest absolute Gasteiger partial charge is 0.493 e. The Labute approximate surface area is 286 Å². The van der Waals surface area contributed by atoms with Gasteiger partial charge in [0.25, 0.3) is 0 Å². The zero-order valence-corrected chi connectivity index (χ0v) is 28.8. The number of nitrogens with one attached hydrogen (secondary N) is 1.